The lowest BCUT2D eigenvalue weighted by molar-refractivity contribution is 0.109. The molecule has 0 bridgehead atoms. The highest BCUT2D eigenvalue weighted by Gasteiger charge is 2.19. The number of methoxy groups -OCH3 is 1. The molecule has 0 aliphatic rings. The maximum absolute atomic E-state index is 12.5. The topological polar surface area (TPSA) is 83.0 Å². The maximum atomic E-state index is 12.5. The van der Waals surface area contributed by atoms with Gasteiger partial charge in [0, 0.05) is 30.5 Å². The smallest absolute Gasteiger partial charge is 0.151 e. The molecule has 138 valence electrons. The molecule has 0 saturated heterocycles. The molecule has 3 rings (SSSR count). The van der Waals surface area contributed by atoms with E-state index in [1.54, 1.807) is 13.3 Å². The van der Waals surface area contributed by atoms with Gasteiger partial charge in [-0.15, -0.1) is 0 Å². The summed E-state index contributed by atoms with van der Waals surface area (Å²) in [5.74, 6) is 1.82. The van der Waals surface area contributed by atoms with E-state index in [2.05, 4.69) is 14.5 Å². The van der Waals surface area contributed by atoms with Crippen LogP contribution in [0.2, 0.25) is 0 Å². The number of nitrogen functional groups attached to an aromatic ring is 1. The SMILES string of the molecule is COC(C)c1nc2c(N)ncc(C)c2n1CCCS(=O)c1ccccc1. The fraction of sp³-hybridized carbons (Fsp3) is 0.368. The highest BCUT2D eigenvalue weighted by molar-refractivity contribution is 7.85. The molecule has 2 heterocycles. The van der Waals surface area contributed by atoms with Crippen molar-refractivity contribution in [3.05, 3.63) is 47.9 Å². The van der Waals surface area contributed by atoms with Crippen molar-refractivity contribution in [2.24, 2.45) is 0 Å². The number of nitrogens with zero attached hydrogens (tertiary/aromatic N) is 3. The van der Waals surface area contributed by atoms with Gasteiger partial charge in [0.15, 0.2) is 5.82 Å². The number of rotatable bonds is 7. The van der Waals surface area contributed by atoms with Crippen molar-refractivity contribution in [1.82, 2.24) is 14.5 Å². The second kappa shape index (κ2) is 7.97. The quantitative estimate of drug-likeness (QED) is 0.688. The van der Waals surface area contributed by atoms with E-state index in [1.807, 2.05) is 44.2 Å². The monoisotopic (exact) mass is 372 g/mol. The highest BCUT2D eigenvalue weighted by atomic mass is 32.2. The van der Waals surface area contributed by atoms with Gasteiger partial charge >= 0.3 is 0 Å². The summed E-state index contributed by atoms with van der Waals surface area (Å²) in [5.41, 5.74) is 8.72. The molecule has 0 aliphatic heterocycles. The molecule has 1 aromatic carbocycles. The Bertz CT molecular complexity index is 924. The molecule has 0 amide bonds. The minimum atomic E-state index is -1.01. The number of imidazole rings is 1. The molecule has 2 aromatic heterocycles. The van der Waals surface area contributed by atoms with Crippen molar-refractivity contribution in [2.45, 2.75) is 37.8 Å². The standard InChI is InChI=1S/C19H24N4O2S/c1-13-12-21-18(20)16-17(13)23(19(22-16)14(2)25-3)10-7-11-26(24)15-8-5-4-6-9-15/h4-6,8-9,12,14H,7,10-11H2,1-3H3,(H2,20,21). The predicted molar refractivity (Wildman–Crippen MR) is 104 cm³/mol. The van der Waals surface area contributed by atoms with Gasteiger partial charge in [-0.1, -0.05) is 18.2 Å². The first-order chi connectivity index (χ1) is 12.5. The average molecular weight is 372 g/mol. The van der Waals surface area contributed by atoms with Crippen molar-refractivity contribution in [3.63, 3.8) is 0 Å². The highest BCUT2D eigenvalue weighted by Crippen LogP contribution is 2.27. The Morgan fingerprint density at radius 1 is 1.31 bits per heavy atom. The minimum Gasteiger partial charge on any atom is -0.382 e. The van der Waals surface area contributed by atoms with E-state index in [4.69, 9.17) is 10.5 Å². The molecule has 0 saturated carbocycles. The molecule has 0 radical (unpaired) electrons. The normalized spacial score (nSPS) is 13.8. The van der Waals surface area contributed by atoms with Gasteiger partial charge in [0.05, 0.1) is 16.3 Å². The van der Waals surface area contributed by atoms with Gasteiger partial charge in [-0.05, 0) is 38.0 Å². The Balaban J connectivity index is 1.86. The van der Waals surface area contributed by atoms with E-state index < -0.39 is 10.8 Å². The first kappa shape index (κ1) is 18.5. The van der Waals surface area contributed by atoms with Crippen LogP contribution in [0.15, 0.2) is 41.4 Å². The zero-order valence-corrected chi connectivity index (χ0v) is 16.1. The number of ether oxygens (including phenoxy) is 1. The maximum Gasteiger partial charge on any atom is 0.151 e. The number of aromatic nitrogens is 3. The van der Waals surface area contributed by atoms with E-state index in [1.165, 1.54) is 0 Å². The van der Waals surface area contributed by atoms with E-state index >= 15 is 0 Å². The number of benzene rings is 1. The van der Waals surface area contributed by atoms with E-state index in [-0.39, 0.29) is 6.10 Å². The Morgan fingerprint density at radius 2 is 2.04 bits per heavy atom. The van der Waals surface area contributed by atoms with Crippen LogP contribution in [-0.2, 0) is 22.1 Å². The van der Waals surface area contributed by atoms with Gasteiger partial charge < -0.3 is 15.0 Å². The fourth-order valence-corrected chi connectivity index (χ4v) is 4.11. The molecule has 0 aliphatic carbocycles. The first-order valence-corrected chi connectivity index (χ1v) is 9.92. The van der Waals surface area contributed by atoms with Crippen molar-refractivity contribution >= 4 is 27.7 Å². The molecule has 6 nitrogen and oxygen atoms in total. The third-order valence-electron chi connectivity index (χ3n) is 4.45. The van der Waals surface area contributed by atoms with Gasteiger partial charge in [-0.25, -0.2) is 9.97 Å². The number of aryl methyl sites for hydroxylation is 2. The summed E-state index contributed by atoms with van der Waals surface area (Å²) in [4.78, 5) is 9.74. The molecular formula is C19H24N4O2S. The number of anilines is 1. The van der Waals surface area contributed by atoms with Crippen molar-refractivity contribution < 1.29 is 8.95 Å². The largest absolute Gasteiger partial charge is 0.382 e. The minimum absolute atomic E-state index is 0.166. The first-order valence-electron chi connectivity index (χ1n) is 8.60. The zero-order chi connectivity index (χ0) is 18.7. The zero-order valence-electron chi connectivity index (χ0n) is 15.3. The van der Waals surface area contributed by atoms with Crippen LogP contribution >= 0.6 is 0 Å². The summed E-state index contributed by atoms with van der Waals surface area (Å²) in [6, 6.07) is 9.55. The molecule has 26 heavy (non-hydrogen) atoms. The van der Waals surface area contributed by atoms with Crippen LogP contribution in [0.1, 0.15) is 30.8 Å². The van der Waals surface area contributed by atoms with Gasteiger partial charge in [-0.3, -0.25) is 4.21 Å². The molecule has 2 atom stereocenters. The third-order valence-corrected chi connectivity index (χ3v) is 5.90. The van der Waals surface area contributed by atoms with Crippen LogP contribution < -0.4 is 5.73 Å². The number of hydrogen-bond donors (Lipinski definition) is 1. The number of nitrogens with two attached hydrogens (primary N) is 1. The van der Waals surface area contributed by atoms with E-state index in [9.17, 15) is 4.21 Å². The lowest BCUT2D eigenvalue weighted by Gasteiger charge is -2.14. The lowest BCUT2D eigenvalue weighted by Crippen LogP contribution is -2.11. The van der Waals surface area contributed by atoms with Crippen LogP contribution in [0.5, 0.6) is 0 Å². The van der Waals surface area contributed by atoms with E-state index in [0.717, 1.165) is 28.2 Å². The molecule has 3 aromatic rings. The van der Waals surface area contributed by atoms with Crippen molar-refractivity contribution in [3.8, 4) is 0 Å². The second-order valence-corrected chi connectivity index (χ2v) is 7.81. The number of pyridine rings is 1. The number of fused-ring (bicyclic) bond motifs is 1. The average Bonchev–Trinajstić information content (AvgIpc) is 3.05. The second-order valence-electron chi connectivity index (χ2n) is 6.24. The fourth-order valence-electron chi connectivity index (χ4n) is 3.02. The van der Waals surface area contributed by atoms with Gasteiger partial charge in [0.25, 0.3) is 0 Å². The van der Waals surface area contributed by atoms with Crippen LogP contribution in [0.3, 0.4) is 0 Å². The van der Waals surface area contributed by atoms with Crippen LogP contribution in [-0.4, -0.2) is 31.6 Å². The molecule has 7 heteroatoms. The molecule has 0 spiro atoms. The van der Waals surface area contributed by atoms with Gasteiger partial charge in [-0.2, -0.15) is 0 Å². The summed E-state index contributed by atoms with van der Waals surface area (Å²) in [7, 11) is 0.650. The molecular weight excluding hydrogens is 348 g/mol. The Morgan fingerprint density at radius 3 is 2.73 bits per heavy atom. The van der Waals surface area contributed by atoms with Gasteiger partial charge in [0.2, 0.25) is 0 Å². The summed E-state index contributed by atoms with van der Waals surface area (Å²) >= 11 is 0. The Kier molecular flexibility index (Phi) is 5.68. The van der Waals surface area contributed by atoms with Crippen molar-refractivity contribution in [1.29, 1.82) is 0 Å². The summed E-state index contributed by atoms with van der Waals surface area (Å²) in [5, 5.41) is 0. The Labute approximate surface area is 155 Å². The van der Waals surface area contributed by atoms with Crippen LogP contribution in [0.25, 0.3) is 11.0 Å². The molecule has 0 fully saturated rings. The van der Waals surface area contributed by atoms with E-state index in [0.29, 0.717) is 23.6 Å². The van der Waals surface area contributed by atoms with Crippen molar-refractivity contribution in [2.75, 3.05) is 18.6 Å². The Hall–Kier alpha value is -2.25. The molecule has 2 unspecified atom stereocenters. The third kappa shape index (κ3) is 3.64. The lowest BCUT2D eigenvalue weighted by atomic mass is 10.2. The summed E-state index contributed by atoms with van der Waals surface area (Å²) < 4.78 is 20.1. The predicted octanol–water partition coefficient (Wildman–Crippen LogP) is 3.23. The van der Waals surface area contributed by atoms with Gasteiger partial charge in [0.1, 0.15) is 17.4 Å². The molecule has 2 N–H and O–H groups in total. The summed E-state index contributed by atoms with van der Waals surface area (Å²) in [6.07, 6.45) is 2.36. The summed E-state index contributed by atoms with van der Waals surface area (Å²) in [6.45, 7) is 4.65. The van der Waals surface area contributed by atoms with Crippen LogP contribution in [0, 0.1) is 6.92 Å². The van der Waals surface area contributed by atoms with Crippen LogP contribution in [0.4, 0.5) is 5.82 Å². The number of hydrogen-bond acceptors (Lipinski definition) is 5.